The summed E-state index contributed by atoms with van der Waals surface area (Å²) in [4.78, 5) is 36.1. The molecule has 3 aromatic carbocycles. The number of rotatable bonds is 15. The Bertz CT molecular complexity index is 1280. The number of hydrogen-bond acceptors (Lipinski definition) is 4. The van der Waals surface area contributed by atoms with Crippen molar-refractivity contribution in [1.82, 2.24) is 4.90 Å². The molecule has 1 aliphatic heterocycles. The highest BCUT2D eigenvalue weighted by Crippen LogP contribution is 2.24. The maximum Gasteiger partial charge on any atom is 0.335 e. The van der Waals surface area contributed by atoms with E-state index < -0.39 is 11.9 Å². The van der Waals surface area contributed by atoms with Crippen LogP contribution in [0.2, 0.25) is 0 Å². The number of hydrogen-bond donors (Lipinski definition) is 2. The number of amides is 1. The van der Waals surface area contributed by atoms with Crippen molar-refractivity contribution in [3.63, 3.8) is 0 Å². The zero-order valence-corrected chi connectivity index (χ0v) is 23.2. The Morgan fingerprint density at radius 1 is 0.854 bits per heavy atom. The highest BCUT2D eigenvalue weighted by atomic mass is 16.5. The van der Waals surface area contributed by atoms with Crippen LogP contribution in [-0.4, -0.2) is 52.7 Å². The number of benzene rings is 3. The molecular weight excluding hydrogens is 518 g/mol. The van der Waals surface area contributed by atoms with Crippen molar-refractivity contribution >= 4 is 23.9 Å². The van der Waals surface area contributed by atoms with Crippen molar-refractivity contribution in [3.05, 3.63) is 107 Å². The van der Waals surface area contributed by atoms with Crippen LogP contribution in [0, 0.1) is 5.92 Å². The molecule has 1 fully saturated rings. The minimum atomic E-state index is -0.934. The average molecular weight is 556 g/mol. The van der Waals surface area contributed by atoms with Gasteiger partial charge < -0.3 is 19.8 Å². The van der Waals surface area contributed by atoms with E-state index in [0.29, 0.717) is 13.0 Å². The molecule has 1 amide bonds. The largest absolute Gasteiger partial charge is 0.493 e. The number of carbonyl (C=O) groups is 3. The van der Waals surface area contributed by atoms with E-state index in [0.717, 1.165) is 74.1 Å². The zero-order valence-electron chi connectivity index (χ0n) is 23.2. The molecule has 7 nitrogen and oxygen atoms in total. The van der Waals surface area contributed by atoms with E-state index in [1.54, 1.807) is 24.3 Å². The van der Waals surface area contributed by atoms with Crippen molar-refractivity contribution in [1.29, 1.82) is 0 Å². The number of carboxylic acids is 2. The lowest BCUT2D eigenvalue weighted by Gasteiger charge is -2.16. The Kier molecular flexibility index (Phi) is 10.7. The molecular formula is C34H37NO6. The molecule has 0 aromatic heterocycles. The second-order valence-electron chi connectivity index (χ2n) is 10.4. The third-order valence-corrected chi connectivity index (χ3v) is 7.48. The van der Waals surface area contributed by atoms with Crippen molar-refractivity contribution in [2.24, 2.45) is 5.92 Å². The summed E-state index contributed by atoms with van der Waals surface area (Å²) in [5.74, 6) is -0.588. The van der Waals surface area contributed by atoms with Crippen LogP contribution >= 0.6 is 0 Å². The predicted molar refractivity (Wildman–Crippen MR) is 158 cm³/mol. The molecule has 0 radical (unpaired) electrons. The summed E-state index contributed by atoms with van der Waals surface area (Å²) < 4.78 is 6.10. The van der Waals surface area contributed by atoms with Crippen molar-refractivity contribution in [2.45, 2.75) is 44.9 Å². The molecule has 4 rings (SSSR count). The van der Waals surface area contributed by atoms with Gasteiger partial charge in [0, 0.05) is 25.1 Å². The summed E-state index contributed by atoms with van der Waals surface area (Å²) in [6.45, 7) is 2.10. The van der Waals surface area contributed by atoms with E-state index in [4.69, 9.17) is 4.74 Å². The molecule has 0 atom stereocenters. The standard InChI is InChI=1S/C34H37NO6/c36-32-7-3-22-35(32)23-4-24-41-31-6-2-1-5-28(31)17-12-25(8-10-26-13-18-29(19-14-26)33(37)38)9-11-27-15-20-30(21-16-27)34(39)40/h1-2,5-6,12-21,25H,3-4,7-11,22-24H2,(H,37,38)(H,39,40). The molecule has 0 spiro atoms. The molecule has 0 aliphatic carbocycles. The number of allylic oxidation sites excluding steroid dienone is 1. The lowest BCUT2D eigenvalue weighted by Crippen LogP contribution is -2.26. The van der Waals surface area contributed by atoms with Gasteiger partial charge in [-0.1, -0.05) is 54.6 Å². The lowest BCUT2D eigenvalue weighted by molar-refractivity contribution is -0.127. The van der Waals surface area contributed by atoms with Gasteiger partial charge in [-0.25, -0.2) is 9.59 Å². The van der Waals surface area contributed by atoms with Crippen LogP contribution in [0.4, 0.5) is 0 Å². The number of aromatic carboxylic acids is 2. The van der Waals surface area contributed by atoms with Gasteiger partial charge in [0.1, 0.15) is 5.75 Å². The van der Waals surface area contributed by atoms with Gasteiger partial charge in [-0.3, -0.25) is 4.79 Å². The van der Waals surface area contributed by atoms with E-state index in [1.165, 1.54) is 0 Å². The molecule has 2 N–H and O–H groups in total. The molecule has 7 heteroatoms. The SMILES string of the molecule is O=C(O)c1ccc(CCC(C=Cc2ccccc2OCCCN2CCCC2=O)CCc2ccc(C(=O)O)cc2)cc1. The van der Waals surface area contributed by atoms with E-state index in [-0.39, 0.29) is 23.0 Å². The first-order valence-electron chi connectivity index (χ1n) is 14.2. The van der Waals surface area contributed by atoms with Gasteiger partial charge in [0.25, 0.3) is 0 Å². The molecule has 41 heavy (non-hydrogen) atoms. The third kappa shape index (κ3) is 9.07. The minimum absolute atomic E-state index is 0.232. The molecule has 1 aliphatic rings. The molecule has 3 aromatic rings. The highest BCUT2D eigenvalue weighted by Gasteiger charge is 2.19. The highest BCUT2D eigenvalue weighted by molar-refractivity contribution is 5.88. The monoisotopic (exact) mass is 555 g/mol. The van der Waals surface area contributed by atoms with Gasteiger partial charge in [0.2, 0.25) is 5.91 Å². The van der Waals surface area contributed by atoms with E-state index in [1.807, 2.05) is 53.4 Å². The fraction of sp³-hybridized carbons (Fsp3) is 0.324. The summed E-state index contributed by atoms with van der Waals surface area (Å²) >= 11 is 0. The lowest BCUT2D eigenvalue weighted by atomic mass is 9.92. The molecule has 0 unspecified atom stereocenters. The summed E-state index contributed by atoms with van der Waals surface area (Å²) in [6.07, 6.45) is 10.1. The normalized spacial score (nSPS) is 13.3. The Labute approximate surface area is 241 Å². The molecule has 0 saturated carbocycles. The van der Waals surface area contributed by atoms with Crippen LogP contribution in [0.25, 0.3) is 6.08 Å². The van der Waals surface area contributed by atoms with Crippen molar-refractivity contribution in [2.75, 3.05) is 19.7 Å². The minimum Gasteiger partial charge on any atom is -0.493 e. The number of likely N-dealkylation sites (tertiary alicyclic amines) is 1. The Hall–Kier alpha value is -4.39. The molecule has 214 valence electrons. The van der Waals surface area contributed by atoms with Gasteiger partial charge in [-0.2, -0.15) is 0 Å². The second kappa shape index (κ2) is 14.8. The topological polar surface area (TPSA) is 104 Å². The second-order valence-corrected chi connectivity index (χ2v) is 10.4. The molecule has 0 bridgehead atoms. The third-order valence-electron chi connectivity index (χ3n) is 7.48. The quantitative estimate of drug-likeness (QED) is 0.211. The Morgan fingerprint density at radius 3 is 1.98 bits per heavy atom. The average Bonchev–Trinajstić information content (AvgIpc) is 3.40. The van der Waals surface area contributed by atoms with Crippen molar-refractivity contribution < 1.29 is 29.3 Å². The van der Waals surface area contributed by atoms with Gasteiger partial charge >= 0.3 is 11.9 Å². The number of aryl methyl sites for hydroxylation is 2. The first-order chi connectivity index (χ1) is 19.9. The zero-order chi connectivity index (χ0) is 29.0. The summed E-state index contributed by atoms with van der Waals surface area (Å²) in [7, 11) is 0. The Morgan fingerprint density at radius 2 is 1.44 bits per heavy atom. The number of para-hydroxylation sites is 1. The van der Waals surface area contributed by atoms with Crippen LogP contribution < -0.4 is 4.74 Å². The number of nitrogens with zero attached hydrogens (tertiary/aromatic N) is 1. The van der Waals surface area contributed by atoms with Crippen LogP contribution in [0.5, 0.6) is 5.75 Å². The molecule has 1 saturated heterocycles. The van der Waals surface area contributed by atoms with E-state index in [9.17, 15) is 24.6 Å². The Balaban J connectivity index is 1.40. The predicted octanol–water partition coefficient (Wildman–Crippen LogP) is 6.37. The van der Waals surface area contributed by atoms with Crippen LogP contribution in [0.1, 0.15) is 69.5 Å². The smallest absolute Gasteiger partial charge is 0.335 e. The van der Waals surface area contributed by atoms with Crippen molar-refractivity contribution in [3.8, 4) is 5.75 Å². The fourth-order valence-corrected chi connectivity index (χ4v) is 5.04. The summed E-state index contributed by atoms with van der Waals surface area (Å²) in [5, 5.41) is 18.4. The van der Waals surface area contributed by atoms with E-state index in [2.05, 4.69) is 12.2 Å². The van der Waals surface area contributed by atoms with Gasteiger partial charge in [0.05, 0.1) is 17.7 Å². The maximum atomic E-state index is 11.8. The van der Waals surface area contributed by atoms with Crippen LogP contribution in [-0.2, 0) is 17.6 Å². The van der Waals surface area contributed by atoms with Gasteiger partial charge in [0.15, 0.2) is 0 Å². The fourth-order valence-electron chi connectivity index (χ4n) is 5.04. The van der Waals surface area contributed by atoms with Crippen LogP contribution in [0.15, 0.2) is 78.9 Å². The first kappa shape index (κ1) is 29.6. The van der Waals surface area contributed by atoms with Gasteiger partial charge in [-0.05, 0) is 85.9 Å². The number of carbonyl (C=O) groups excluding carboxylic acids is 1. The maximum absolute atomic E-state index is 11.8. The summed E-state index contributed by atoms with van der Waals surface area (Å²) in [5.41, 5.74) is 3.71. The number of carboxylic acid groups (broad SMARTS) is 2. The molecule has 1 heterocycles. The number of ether oxygens (including phenoxy) is 1. The summed E-state index contributed by atoms with van der Waals surface area (Å²) in [6, 6.07) is 22.0. The first-order valence-corrected chi connectivity index (χ1v) is 14.2. The van der Waals surface area contributed by atoms with Gasteiger partial charge in [-0.15, -0.1) is 0 Å². The van der Waals surface area contributed by atoms with E-state index >= 15 is 0 Å². The van der Waals surface area contributed by atoms with Crippen LogP contribution in [0.3, 0.4) is 0 Å².